The van der Waals surface area contributed by atoms with Crippen molar-refractivity contribution >= 4 is 23.2 Å². The van der Waals surface area contributed by atoms with E-state index >= 15 is 0 Å². The van der Waals surface area contributed by atoms with Gasteiger partial charge < -0.3 is 16.0 Å². The highest BCUT2D eigenvalue weighted by Gasteiger charge is 2.21. The Morgan fingerprint density at radius 3 is 2.65 bits per heavy atom. The van der Waals surface area contributed by atoms with E-state index in [0.29, 0.717) is 5.56 Å². The maximum absolute atomic E-state index is 11.7. The Kier molecular flexibility index (Phi) is 7.21. The van der Waals surface area contributed by atoms with Gasteiger partial charge >= 0.3 is 0 Å². The van der Waals surface area contributed by atoms with Gasteiger partial charge in [-0.15, -0.1) is 11.3 Å². The Labute approximate surface area is 159 Å². The van der Waals surface area contributed by atoms with Gasteiger partial charge in [-0.3, -0.25) is 9.79 Å². The molecule has 1 aromatic heterocycles. The fraction of sp³-hybridized carbons (Fsp3) is 0.400. The van der Waals surface area contributed by atoms with Crippen LogP contribution in [0.4, 0.5) is 0 Å². The third kappa shape index (κ3) is 5.59. The molecule has 0 atom stereocenters. The fourth-order valence-electron chi connectivity index (χ4n) is 2.61. The summed E-state index contributed by atoms with van der Waals surface area (Å²) in [5, 5.41) is 11.5. The zero-order chi connectivity index (χ0) is 19.0. The second kappa shape index (κ2) is 9.38. The number of thiophene rings is 1. The van der Waals surface area contributed by atoms with Crippen LogP contribution in [0, 0.1) is 0 Å². The smallest absolute Gasteiger partial charge is 0.251 e. The van der Waals surface area contributed by atoms with E-state index in [1.807, 2.05) is 24.3 Å². The number of nitrogens with one attached hydrogen (secondary N) is 3. The molecular weight excluding hydrogens is 344 g/mol. The number of rotatable bonds is 7. The van der Waals surface area contributed by atoms with Crippen LogP contribution in [0.25, 0.3) is 0 Å². The van der Waals surface area contributed by atoms with Crippen LogP contribution in [0.3, 0.4) is 0 Å². The molecule has 1 heterocycles. The Morgan fingerprint density at radius 1 is 1.19 bits per heavy atom. The lowest BCUT2D eigenvalue weighted by Crippen LogP contribution is -2.43. The van der Waals surface area contributed by atoms with Crippen LogP contribution in [0.1, 0.15) is 34.6 Å². The van der Waals surface area contributed by atoms with Gasteiger partial charge in [0, 0.05) is 43.0 Å². The molecule has 1 aromatic carbocycles. The molecule has 0 aliphatic heterocycles. The second-order valence-corrected chi connectivity index (χ2v) is 7.69. The van der Waals surface area contributed by atoms with Crippen LogP contribution in [0.5, 0.6) is 0 Å². The lowest BCUT2D eigenvalue weighted by atomic mass is 9.91. The molecule has 0 unspecified atom stereocenters. The molecule has 0 spiro atoms. The molecule has 0 fully saturated rings. The lowest BCUT2D eigenvalue weighted by molar-refractivity contribution is 0.0963. The summed E-state index contributed by atoms with van der Waals surface area (Å²) in [5.41, 5.74) is 1.85. The molecule has 0 radical (unpaired) electrons. The molecule has 140 valence electrons. The minimum Gasteiger partial charge on any atom is -0.356 e. The molecule has 2 aromatic rings. The van der Waals surface area contributed by atoms with E-state index in [0.717, 1.165) is 31.0 Å². The largest absolute Gasteiger partial charge is 0.356 e. The van der Waals surface area contributed by atoms with Crippen LogP contribution in [0.2, 0.25) is 0 Å². The van der Waals surface area contributed by atoms with Crippen molar-refractivity contribution in [1.82, 2.24) is 16.0 Å². The standard InChI is InChI=1S/C20H28N4OS/c1-20(2,17-9-6-12-26-17)14-24-19(22-4)23-11-10-15-7-5-8-16(13-15)18(25)21-3/h5-9,12-13H,10-11,14H2,1-4H3,(H,21,25)(H2,22,23,24). The molecule has 0 bridgehead atoms. The molecule has 3 N–H and O–H groups in total. The van der Waals surface area contributed by atoms with Gasteiger partial charge in [-0.25, -0.2) is 0 Å². The van der Waals surface area contributed by atoms with E-state index in [9.17, 15) is 4.79 Å². The van der Waals surface area contributed by atoms with E-state index in [1.54, 1.807) is 25.4 Å². The van der Waals surface area contributed by atoms with E-state index in [4.69, 9.17) is 0 Å². The summed E-state index contributed by atoms with van der Waals surface area (Å²) in [4.78, 5) is 17.4. The van der Waals surface area contributed by atoms with Crippen molar-refractivity contribution in [2.75, 3.05) is 27.2 Å². The van der Waals surface area contributed by atoms with Crippen molar-refractivity contribution in [3.8, 4) is 0 Å². The molecule has 0 saturated carbocycles. The maximum atomic E-state index is 11.7. The number of aliphatic imine (C=N–C) groups is 1. The Morgan fingerprint density at radius 2 is 2.00 bits per heavy atom. The summed E-state index contributed by atoms with van der Waals surface area (Å²) in [6, 6.07) is 11.9. The SMILES string of the molecule is CN=C(NCCc1cccc(C(=O)NC)c1)NCC(C)(C)c1cccs1. The topological polar surface area (TPSA) is 65.5 Å². The number of nitrogens with zero attached hydrogens (tertiary/aromatic N) is 1. The zero-order valence-electron chi connectivity index (χ0n) is 15.9. The van der Waals surface area contributed by atoms with Crippen LogP contribution < -0.4 is 16.0 Å². The molecule has 6 heteroatoms. The minimum absolute atomic E-state index is 0.0492. The molecule has 2 rings (SSSR count). The zero-order valence-corrected chi connectivity index (χ0v) is 16.7. The van der Waals surface area contributed by atoms with Crippen molar-refractivity contribution in [3.63, 3.8) is 0 Å². The van der Waals surface area contributed by atoms with Gasteiger partial charge in [0.1, 0.15) is 0 Å². The minimum atomic E-state index is -0.0619. The molecule has 1 amide bonds. The van der Waals surface area contributed by atoms with Crippen LogP contribution in [-0.2, 0) is 11.8 Å². The van der Waals surface area contributed by atoms with Crippen molar-refractivity contribution in [3.05, 3.63) is 57.8 Å². The van der Waals surface area contributed by atoms with Gasteiger partial charge in [0.05, 0.1) is 0 Å². The number of guanidine groups is 1. The predicted octanol–water partition coefficient (Wildman–Crippen LogP) is 2.79. The Bertz CT molecular complexity index is 738. The first-order valence-electron chi connectivity index (χ1n) is 8.76. The van der Waals surface area contributed by atoms with Crippen molar-refractivity contribution in [2.45, 2.75) is 25.7 Å². The number of carbonyl (C=O) groups excluding carboxylic acids is 1. The van der Waals surface area contributed by atoms with E-state index in [2.05, 4.69) is 52.3 Å². The Balaban J connectivity index is 1.83. The average Bonchev–Trinajstić information content (AvgIpc) is 3.20. The molecule has 0 saturated heterocycles. The molecular formula is C20H28N4OS. The fourth-order valence-corrected chi connectivity index (χ4v) is 3.47. The van der Waals surface area contributed by atoms with Gasteiger partial charge in [0.15, 0.2) is 5.96 Å². The van der Waals surface area contributed by atoms with Gasteiger partial charge in [0.2, 0.25) is 0 Å². The van der Waals surface area contributed by atoms with Crippen LogP contribution >= 0.6 is 11.3 Å². The average molecular weight is 373 g/mol. The summed E-state index contributed by atoms with van der Waals surface area (Å²) >= 11 is 1.78. The van der Waals surface area contributed by atoms with Crippen molar-refractivity contribution < 1.29 is 4.79 Å². The number of hydrogen-bond donors (Lipinski definition) is 3. The third-order valence-corrected chi connectivity index (χ3v) is 5.47. The number of benzene rings is 1. The third-order valence-electron chi connectivity index (χ3n) is 4.23. The molecule has 5 nitrogen and oxygen atoms in total. The number of carbonyl (C=O) groups is 1. The van der Waals surface area contributed by atoms with Gasteiger partial charge in [0.25, 0.3) is 5.91 Å². The molecule has 0 aliphatic rings. The summed E-state index contributed by atoms with van der Waals surface area (Å²) in [6.45, 7) is 6.00. The van der Waals surface area contributed by atoms with E-state index in [-0.39, 0.29) is 11.3 Å². The van der Waals surface area contributed by atoms with Crippen LogP contribution in [-0.4, -0.2) is 39.1 Å². The summed E-state index contributed by atoms with van der Waals surface area (Å²) in [7, 11) is 3.42. The van der Waals surface area contributed by atoms with Crippen LogP contribution in [0.15, 0.2) is 46.8 Å². The maximum Gasteiger partial charge on any atom is 0.251 e. The first kappa shape index (κ1) is 20.0. The van der Waals surface area contributed by atoms with Crippen molar-refractivity contribution in [1.29, 1.82) is 0 Å². The summed E-state index contributed by atoms with van der Waals surface area (Å²) < 4.78 is 0. The lowest BCUT2D eigenvalue weighted by Gasteiger charge is -2.25. The highest BCUT2D eigenvalue weighted by atomic mass is 32.1. The molecule has 26 heavy (non-hydrogen) atoms. The quantitative estimate of drug-likeness (QED) is 0.517. The van der Waals surface area contributed by atoms with E-state index in [1.165, 1.54) is 4.88 Å². The number of hydrogen-bond acceptors (Lipinski definition) is 3. The highest BCUT2D eigenvalue weighted by molar-refractivity contribution is 7.10. The highest BCUT2D eigenvalue weighted by Crippen LogP contribution is 2.26. The monoisotopic (exact) mass is 372 g/mol. The van der Waals surface area contributed by atoms with Crippen molar-refractivity contribution in [2.24, 2.45) is 4.99 Å². The van der Waals surface area contributed by atoms with E-state index < -0.39 is 0 Å². The summed E-state index contributed by atoms with van der Waals surface area (Å²) in [5.74, 6) is 0.727. The number of amides is 1. The molecule has 0 aliphatic carbocycles. The first-order chi connectivity index (χ1) is 12.5. The summed E-state index contributed by atoms with van der Waals surface area (Å²) in [6.07, 6.45) is 0.819. The predicted molar refractivity (Wildman–Crippen MR) is 110 cm³/mol. The first-order valence-corrected chi connectivity index (χ1v) is 9.64. The van der Waals surface area contributed by atoms with Gasteiger partial charge in [-0.2, -0.15) is 0 Å². The second-order valence-electron chi connectivity index (χ2n) is 6.74. The normalized spacial score (nSPS) is 11.9. The van der Waals surface area contributed by atoms with Gasteiger partial charge in [-0.05, 0) is 35.6 Å². The Hall–Kier alpha value is -2.34. The van der Waals surface area contributed by atoms with Gasteiger partial charge in [-0.1, -0.05) is 32.0 Å².